The van der Waals surface area contributed by atoms with Gasteiger partial charge in [-0.15, -0.1) is 0 Å². The average Bonchev–Trinajstić information content (AvgIpc) is 2.36. The van der Waals surface area contributed by atoms with Gasteiger partial charge >= 0.3 is 0 Å². The number of benzene rings is 2. The fourth-order valence-corrected chi connectivity index (χ4v) is 2.55. The number of phenolic OH excluding ortho intramolecular Hbond substituents is 1. The summed E-state index contributed by atoms with van der Waals surface area (Å²) in [7, 11) is 0. The van der Waals surface area contributed by atoms with E-state index < -0.39 is 0 Å². The molecule has 2 rings (SSSR count). The largest absolute Gasteiger partial charge is 0.507 e. The van der Waals surface area contributed by atoms with Gasteiger partial charge in [-0.25, -0.2) is 0 Å². The van der Waals surface area contributed by atoms with E-state index in [1.807, 2.05) is 55.5 Å². The summed E-state index contributed by atoms with van der Waals surface area (Å²) in [4.78, 5) is 12.2. The quantitative estimate of drug-likeness (QED) is 0.768. The van der Waals surface area contributed by atoms with Gasteiger partial charge in [0.15, 0.2) is 0 Å². The van der Waals surface area contributed by atoms with Crippen molar-refractivity contribution in [3.05, 3.63) is 56.2 Å². The van der Waals surface area contributed by atoms with E-state index in [9.17, 15) is 9.90 Å². The molecule has 1 amide bonds. The highest BCUT2D eigenvalue weighted by atomic mass is 127. The van der Waals surface area contributed by atoms with Crippen LogP contribution in [0.15, 0.2) is 30.3 Å². The standard InChI is InChI=1S/C16H16INO2/c1-9-6-10(2)15(11(3)7-9)18-16(20)12-4-5-13(17)14(19)8-12/h4-8,19H,1-3H3,(H,18,20). The van der Waals surface area contributed by atoms with Crippen LogP contribution in [0.1, 0.15) is 27.0 Å². The second kappa shape index (κ2) is 5.83. The maximum absolute atomic E-state index is 12.2. The molecule has 0 aliphatic carbocycles. The van der Waals surface area contributed by atoms with Crippen LogP contribution in [0.25, 0.3) is 0 Å². The van der Waals surface area contributed by atoms with Crippen LogP contribution < -0.4 is 5.32 Å². The van der Waals surface area contributed by atoms with E-state index in [2.05, 4.69) is 5.32 Å². The van der Waals surface area contributed by atoms with Crippen molar-refractivity contribution in [1.29, 1.82) is 0 Å². The zero-order valence-corrected chi connectivity index (χ0v) is 13.8. The van der Waals surface area contributed by atoms with Crippen molar-refractivity contribution in [2.45, 2.75) is 20.8 Å². The van der Waals surface area contributed by atoms with Crippen molar-refractivity contribution in [3.8, 4) is 5.75 Å². The smallest absolute Gasteiger partial charge is 0.255 e. The third-order valence-corrected chi connectivity index (χ3v) is 4.04. The van der Waals surface area contributed by atoms with E-state index in [4.69, 9.17) is 0 Å². The number of hydrogen-bond acceptors (Lipinski definition) is 2. The molecule has 0 unspecified atom stereocenters. The molecule has 104 valence electrons. The van der Waals surface area contributed by atoms with Gasteiger partial charge in [0.05, 0.1) is 3.57 Å². The molecule has 0 aromatic heterocycles. The van der Waals surface area contributed by atoms with Crippen LogP contribution in [0.2, 0.25) is 0 Å². The third kappa shape index (κ3) is 3.12. The Labute approximate surface area is 132 Å². The molecule has 0 radical (unpaired) electrons. The Hall–Kier alpha value is -1.56. The molecule has 0 saturated heterocycles. The normalized spacial score (nSPS) is 10.4. The lowest BCUT2D eigenvalue weighted by molar-refractivity contribution is 0.102. The van der Waals surface area contributed by atoms with Gasteiger partial charge in [0, 0.05) is 11.3 Å². The number of rotatable bonds is 2. The zero-order chi connectivity index (χ0) is 14.9. The molecule has 2 aromatic rings. The maximum Gasteiger partial charge on any atom is 0.255 e. The van der Waals surface area contributed by atoms with Crippen molar-refractivity contribution >= 4 is 34.2 Å². The van der Waals surface area contributed by atoms with Gasteiger partial charge < -0.3 is 10.4 Å². The Morgan fingerprint density at radius 2 is 1.70 bits per heavy atom. The second-order valence-electron chi connectivity index (χ2n) is 4.89. The van der Waals surface area contributed by atoms with Gasteiger partial charge in [0.1, 0.15) is 5.75 Å². The molecule has 0 atom stereocenters. The van der Waals surface area contributed by atoms with Crippen LogP contribution in [-0.4, -0.2) is 11.0 Å². The summed E-state index contributed by atoms with van der Waals surface area (Å²) in [6.45, 7) is 5.98. The van der Waals surface area contributed by atoms with E-state index in [1.54, 1.807) is 12.1 Å². The van der Waals surface area contributed by atoms with Crippen molar-refractivity contribution in [1.82, 2.24) is 0 Å². The van der Waals surface area contributed by atoms with Crippen molar-refractivity contribution in [3.63, 3.8) is 0 Å². The van der Waals surface area contributed by atoms with Gasteiger partial charge in [0.25, 0.3) is 5.91 Å². The number of halogens is 1. The predicted molar refractivity (Wildman–Crippen MR) is 89.4 cm³/mol. The van der Waals surface area contributed by atoms with Crippen molar-refractivity contribution < 1.29 is 9.90 Å². The lowest BCUT2D eigenvalue weighted by atomic mass is 10.0. The molecule has 0 spiro atoms. The third-order valence-electron chi connectivity index (χ3n) is 3.12. The summed E-state index contributed by atoms with van der Waals surface area (Å²) in [5.41, 5.74) is 4.52. The monoisotopic (exact) mass is 381 g/mol. The number of carbonyl (C=O) groups excluding carboxylic acids is 1. The number of nitrogens with one attached hydrogen (secondary N) is 1. The van der Waals surface area contributed by atoms with E-state index >= 15 is 0 Å². The van der Waals surface area contributed by atoms with E-state index in [0.717, 1.165) is 20.4 Å². The molecular weight excluding hydrogens is 365 g/mol. The van der Waals surface area contributed by atoms with Gasteiger partial charge in [-0.05, 0) is 72.7 Å². The lowest BCUT2D eigenvalue weighted by Gasteiger charge is -2.13. The highest BCUT2D eigenvalue weighted by Gasteiger charge is 2.11. The molecule has 3 nitrogen and oxygen atoms in total. The van der Waals surface area contributed by atoms with Crippen LogP contribution in [0.4, 0.5) is 5.69 Å². The van der Waals surface area contributed by atoms with Gasteiger partial charge in [-0.1, -0.05) is 17.7 Å². The Bertz CT molecular complexity index is 657. The summed E-state index contributed by atoms with van der Waals surface area (Å²) in [5.74, 6) is -0.0950. The first-order chi connectivity index (χ1) is 9.38. The van der Waals surface area contributed by atoms with Crippen LogP contribution in [0, 0.1) is 24.3 Å². The predicted octanol–water partition coefficient (Wildman–Crippen LogP) is 4.17. The van der Waals surface area contributed by atoms with Crippen LogP contribution in [0.3, 0.4) is 0 Å². The number of aromatic hydroxyl groups is 1. The summed E-state index contributed by atoms with van der Waals surface area (Å²) in [5, 5.41) is 12.6. The fraction of sp³-hybridized carbons (Fsp3) is 0.188. The minimum absolute atomic E-state index is 0.121. The number of phenols is 1. The van der Waals surface area contributed by atoms with Crippen LogP contribution in [-0.2, 0) is 0 Å². The molecule has 0 saturated carbocycles. The molecule has 0 aliphatic rings. The van der Waals surface area contributed by atoms with E-state index in [0.29, 0.717) is 5.56 Å². The molecule has 0 heterocycles. The number of aryl methyl sites for hydroxylation is 3. The minimum atomic E-state index is -0.216. The number of anilines is 1. The fourth-order valence-electron chi connectivity index (χ4n) is 2.22. The maximum atomic E-state index is 12.2. The van der Waals surface area contributed by atoms with Crippen molar-refractivity contribution in [2.24, 2.45) is 0 Å². The molecule has 4 heteroatoms. The Morgan fingerprint density at radius 1 is 1.10 bits per heavy atom. The molecule has 0 aliphatic heterocycles. The summed E-state index contributed by atoms with van der Waals surface area (Å²) in [6.07, 6.45) is 0. The van der Waals surface area contributed by atoms with Gasteiger partial charge in [0.2, 0.25) is 0 Å². The van der Waals surface area contributed by atoms with Gasteiger partial charge in [-0.2, -0.15) is 0 Å². The Morgan fingerprint density at radius 3 is 2.25 bits per heavy atom. The molecule has 0 bridgehead atoms. The first-order valence-corrected chi connectivity index (χ1v) is 7.34. The van der Waals surface area contributed by atoms with Crippen LogP contribution >= 0.6 is 22.6 Å². The first-order valence-electron chi connectivity index (χ1n) is 6.26. The van der Waals surface area contributed by atoms with E-state index in [-0.39, 0.29) is 11.7 Å². The Balaban J connectivity index is 2.30. The molecular formula is C16H16INO2. The summed E-state index contributed by atoms with van der Waals surface area (Å²) < 4.78 is 0.724. The summed E-state index contributed by atoms with van der Waals surface area (Å²) in [6, 6.07) is 8.98. The first kappa shape index (κ1) is 14.8. The van der Waals surface area contributed by atoms with Crippen molar-refractivity contribution in [2.75, 3.05) is 5.32 Å². The zero-order valence-electron chi connectivity index (χ0n) is 11.6. The molecule has 0 fully saturated rings. The molecule has 20 heavy (non-hydrogen) atoms. The van der Waals surface area contributed by atoms with E-state index in [1.165, 1.54) is 11.6 Å². The molecule has 2 N–H and O–H groups in total. The second-order valence-corrected chi connectivity index (χ2v) is 6.06. The highest BCUT2D eigenvalue weighted by molar-refractivity contribution is 14.1. The average molecular weight is 381 g/mol. The Kier molecular flexibility index (Phi) is 4.32. The summed E-state index contributed by atoms with van der Waals surface area (Å²) >= 11 is 2.02. The van der Waals surface area contributed by atoms with Crippen LogP contribution in [0.5, 0.6) is 5.75 Å². The SMILES string of the molecule is Cc1cc(C)c(NC(=O)c2ccc(I)c(O)c2)c(C)c1. The number of amides is 1. The topological polar surface area (TPSA) is 49.3 Å². The lowest BCUT2D eigenvalue weighted by Crippen LogP contribution is -2.14. The molecule has 2 aromatic carbocycles. The number of carbonyl (C=O) groups is 1. The number of hydrogen-bond donors (Lipinski definition) is 2. The highest BCUT2D eigenvalue weighted by Crippen LogP contribution is 2.24. The minimum Gasteiger partial charge on any atom is -0.507 e. The van der Waals surface area contributed by atoms with Gasteiger partial charge in [-0.3, -0.25) is 4.79 Å².